The quantitative estimate of drug-likeness (QED) is 0.150. The van der Waals surface area contributed by atoms with E-state index < -0.39 is 30.0 Å². The smallest absolute Gasteiger partial charge is 0.173 e. The maximum absolute atomic E-state index is 6.76. The molecule has 20 heteroatoms. The van der Waals surface area contributed by atoms with E-state index in [-0.39, 0.29) is 0 Å². The van der Waals surface area contributed by atoms with E-state index in [1.54, 1.807) is 0 Å². The highest BCUT2D eigenvalue weighted by Gasteiger charge is 2.49. The lowest BCUT2D eigenvalue weighted by molar-refractivity contribution is 0.384. The predicted octanol–water partition coefficient (Wildman–Crippen LogP) is 14.3. The van der Waals surface area contributed by atoms with Gasteiger partial charge >= 0.3 is 0 Å². The highest BCUT2D eigenvalue weighted by atomic mass is 31.2. The largest absolute Gasteiger partial charge is 0.246 e. The first kappa shape index (κ1) is 55.0. The first-order valence-corrected chi connectivity index (χ1v) is 39.2. The van der Waals surface area contributed by atoms with E-state index in [0.29, 0.717) is 0 Å². The van der Waals surface area contributed by atoms with Crippen LogP contribution in [0.2, 0.25) is 0 Å². The summed E-state index contributed by atoms with van der Waals surface area (Å²) in [7, 11) is -9.40. The maximum Gasteiger partial charge on any atom is 0.173 e. The highest BCUT2D eigenvalue weighted by Crippen LogP contribution is 2.71. The van der Waals surface area contributed by atoms with E-state index in [1.807, 2.05) is 0 Å². The van der Waals surface area contributed by atoms with Crippen molar-refractivity contribution in [1.82, 2.24) is 56.0 Å². The van der Waals surface area contributed by atoms with Gasteiger partial charge in [0.1, 0.15) is 0 Å². The van der Waals surface area contributed by atoms with Crippen LogP contribution in [0.5, 0.6) is 0 Å². The maximum atomic E-state index is 6.76. The third-order valence-electron chi connectivity index (χ3n) is 20.6. The van der Waals surface area contributed by atoms with E-state index in [4.69, 9.17) is 19.0 Å². The van der Waals surface area contributed by atoms with E-state index in [0.717, 1.165) is 157 Å². The molecule has 0 aromatic heterocycles. The Labute approximate surface area is 471 Å². The molecule has 2 aromatic carbocycles. The lowest BCUT2D eigenvalue weighted by Gasteiger charge is -2.46. The molecule has 0 N–H and O–H groups in total. The van der Waals surface area contributed by atoms with Crippen LogP contribution in [0, 0.1) is 0 Å². The molecular weight excluding hydrogens is 1040 g/mol. The predicted molar refractivity (Wildman–Crippen MR) is 330 cm³/mol. The zero-order chi connectivity index (χ0) is 52.0. The molecule has 16 nitrogen and oxygen atoms in total. The minimum absolute atomic E-state index is 1.16. The number of nitrogens with zero attached hydrogens (tertiary/aromatic N) is 16. The van der Waals surface area contributed by atoms with Crippen molar-refractivity contribution in [2.45, 2.75) is 154 Å². The summed E-state index contributed by atoms with van der Waals surface area (Å²) in [6, 6.07) is 10.2. The van der Waals surface area contributed by atoms with Crippen LogP contribution in [0.3, 0.4) is 0 Å². The second-order valence-electron chi connectivity index (χ2n) is 25.4. The zero-order valence-corrected chi connectivity index (χ0v) is 51.8. The van der Waals surface area contributed by atoms with Gasteiger partial charge in [0.2, 0.25) is 0 Å². The van der Waals surface area contributed by atoms with Crippen LogP contribution in [-0.2, 0) is 0 Å². The van der Waals surface area contributed by atoms with Crippen LogP contribution in [0.4, 0.5) is 22.7 Å². The van der Waals surface area contributed by atoms with Crippen molar-refractivity contribution in [3.05, 3.63) is 24.3 Å². The van der Waals surface area contributed by atoms with Gasteiger partial charge < -0.3 is 0 Å². The fraction of sp³-hybridized carbons (Fsp3) is 0.828. The standard InChI is InChI=1S/C58H100N16P4/c1-2-30-63(29-1)75(64-31-3-4-32-64,65-33-5-6-34-65)59-53-25-26-55(61-77(69-41-13-14-42-69,70-43-15-16-44-70)71-45-17-18-46-71)58-56(62-78(72-47-19-20-48-72,73-49-21-22-50-73)74-51-23-24-52-74)28-27-54(57(53)58)60-76(66-35-7-8-36-66,67-37-9-10-38-67)68-39-11-12-40-68/h25-28H,1-24,29-52H2. The minimum atomic E-state index is -2.35. The number of hydrogen-bond donors (Lipinski definition) is 0. The summed E-state index contributed by atoms with van der Waals surface area (Å²) in [5.74, 6) is 0. The molecule has 14 rings (SSSR count). The molecule has 78 heavy (non-hydrogen) atoms. The molecule has 0 aliphatic carbocycles. The van der Waals surface area contributed by atoms with Crippen molar-refractivity contribution in [1.29, 1.82) is 0 Å². The van der Waals surface area contributed by atoms with E-state index in [9.17, 15) is 0 Å². The Morgan fingerprint density at radius 2 is 0.282 bits per heavy atom. The zero-order valence-electron chi connectivity index (χ0n) is 48.2. The summed E-state index contributed by atoms with van der Waals surface area (Å²) >= 11 is 0. The Bertz CT molecular complexity index is 2080. The summed E-state index contributed by atoms with van der Waals surface area (Å²) < 4.78 is 62.6. The van der Waals surface area contributed by atoms with Crippen LogP contribution in [-0.4, -0.2) is 213 Å². The van der Waals surface area contributed by atoms with Gasteiger partial charge in [0.25, 0.3) is 0 Å². The average Bonchev–Trinajstić information content (AvgIpc) is 4.48. The molecule has 12 aliphatic heterocycles. The van der Waals surface area contributed by atoms with Crippen LogP contribution in [0.25, 0.3) is 10.8 Å². The molecule has 12 aliphatic rings. The first-order valence-electron chi connectivity index (χ1n) is 32.8. The molecule has 0 saturated carbocycles. The molecule has 0 bridgehead atoms. The molecule has 12 fully saturated rings. The molecule has 0 spiro atoms. The molecule has 12 heterocycles. The van der Waals surface area contributed by atoms with Crippen LogP contribution < -0.4 is 0 Å². The summed E-state index contributed by atoms with van der Waals surface area (Å²) in [5, 5.41) is 2.59. The van der Waals surface area contributed by atoms with Gasteiger partial charge in [0.05, 0.1) is 22.7 Å². The van der Waals surface area contributed by atoms with E-state index in [2.05, 4.69) is 80.3 Å². The van der Waals surface area contributed by atoms with Crippen LogP contribution >= 0.6 is 30.0 Å². The van der Waals surface area contributed by atoms with Crippen molar-refractivity contribution >= 4 is 63.5 Å². The molecular formula is C58H100N16P4. The summed E-state index contributed by atoms with van der Waals surface area (Å²) in [4.78, 5) is 0. The Hall–Kier alpha value is -0.860. The Balaban J connectivity index is 1.15. The van der Waals surface area contributed by atoms with Crippen molar-refractivity contribution in [2.24, 2.45) is 19.0 Å². The Kier molecular flexibility index (Phi) is 17.1. The van der Waals surface area contributed by atoms with Crippen molar-refractivity contribution in [2.75, 3.05) is 157 Å². The molecule has 12 saturated heterocycles. The van der Waals surface area contributed by atoms with Gasteiger partial charge in [-0.3, -0.25) is 0 Å². The second kappa shape index (κ2) is 24.3. The summed E-state index contributed by atoms with van der Waals surface area (Å²) in [5.41, 5.74) is 4.78. The average molecular weight is 1150 g/mol. The first-order chi connectivity index (χ1) is 38.6. The number of fused-ring (bicyclic) bond motifs is 1. The summed E-state index contributed by atoms with van der Waals surface area (Å²) in [6.45, 7) is 27.8. The Morgan fingerprint density at radius 3 is 0.385 bits per heavy atom. The highest BCUT2D eigenvalue weighted by molar-refractivity contribution is 7.60. The van der Waals surface area contributed by atoms with E-state index in [1.165, 1.54) is 188 Å². The van der Waals surface area contributed by atoms with Gasteiger partial charge in [-0.15, -0.1) is 0 Å². The van der Waals surface area contributed by atoms with Crippen LogP contribution in [0.15, 0.2) is 43.2 Å². The number of benzene rings is 2. The van der Waals surface area contributed by atoms with E-state index >= 15 is 0 Å². The minimum Gasteiger partial charge on any atom is -0.246 e. The third-order valence-corrected chi connectivity index (χ3v) is 36.4. The van der Waals surface area contributed by atoms with Gasteiger partial charge in [-0.25, -0.2) is 75.0 Å². The third kappa shape index (κ3) is 9.81. The van der Waals surface area contributed by atoms with Gasteiger partial charge in [0, 0.05) is 168 Å². The normalized spacial score (nSPS) is 27.7. The molecule has 432 valence electrons. The van der Waals surface area contributed by atoms with Gasteiger partial charge in [0.15, 0.2) is 30.0 Å². The van der Waals surface area contributed by atoms with Gasteiger partial charge in [-0.2, -0.15) is 0 Å². The Morgan fingerprint density at radius 1 is 0.179 bits per heavy atom. The number of rotatable bonds is 16. The molecule has 0 atom stereocenters. The monoisotopic (exact) mass is 1140 g/mol. The number of hydrogen-bond acceptors (Lipinski definition) is 4. The second-order valence-corrected chi connectivity index (χ2v) is 37.3. The fourth-order valence-corrected chi connectivity index (χ4v) is 34.3. The van der Waals surface area contributed by atoms with Crippen molar-refractivity contribution in [3.63, 3.8) is 0 Å². The lowest BCUT2D eigenvalue weighted by Crippen LogP contribution is -2.38. The lowest BCUT2D eigenvalue weighted by atomic mass is 10.0. The fourth-order valence-electron chi connectivity index (χ4n) is 16.9. The van der Waals surface area contributed by atoms with Crippen molar-refractivity contribution in [3.8, 4) is 0 Å². The van der Waals surface area contributed by atoms with Gasteiger partial charge in [-0.05, 0) is 178 Å². The summed E-state index contributed by atoms with van der Waals surface area (Å²) in [6.07, 6.45) is 30.7. The topological polar surface area (TPSA) is 88.3 Å². The van der Waals surface area contributed by atoms with Crippen LogP contribution in [0.1, 0.15) is 154 Å². The molecule has 0 amide bonds. The van der Waals surface area contributed by atoms with Gasteiger partial charge in [-0.1, -0.05) is 0 Å². The molecule has 2 aromatic rings. The van der Waals surface area contributed by atoms with Crippen molar-refractivity contribution < 1.29 is 0 Å². The SMILES string of the molecule is c1cc(N=P(N2CCCC2)(N2CCCC2)N2CCCC2)c2c(N=P(N3CCCC3)(N3CCCC3)N3CCCC3)ccc(N=P(N3CCCC3)(N3CCCC3)N3CCCC3)c2c1N=P(N1CCCC1)(N1CCCC1)N1CCCC1. The molecule has 0 unspecified atom stereocenters. The molecule has 0 radical (unpaired) electrons.